The van der Waals surface area contributed by atoms with E-state index in [1.807, 2.05) is 6.20 Å². The van der Waals surface area contributed by atoms with E-state index in [0.29, 0.717) is 5.41 Å². The topological polar surface area (TPSA) is 33.1 Å². The third kappa shape index (κ3) is 3.33. The number of aryl methyl sites for hydroxylation is 1. The minimum Gasteiger partial charge on any atom is -0.311 e. The number of likely N-dealkylation sites (tertiary alicyclic amines) is 1. The molecule has 0 spiro atoms. The third-order valence-corrected chi connectivity index (χ3v) is 4.16. The van der Waals surface area contributed by atoms with Crippen LogP contribution in [0.15, 0.2) is 12.3 Å². The van der Waals surface area contributed by atoms with Crippen molar-refractivity contribution >= 4 is 0 Å². The van der Waals surface area contributed by atoms with E-state index >= 15 is 0 Å². The van der Waals surface area contributed by atoms with Gasteiger partial charge in [0.05, 0.1) is 5.69 Å². The predicted molar refractivity (Wildman–Crippen MR) is 74.4 cm³/mol. The molecule has 1 fully saturated rings. The average Bonchev–Trinajstić information content (AvgIpc) is 2.81. The first-order valence-corrected chi connectivity index (χ1v) is 7.03. The molecule has 4 nitrogen and oxygen atoms in total. The van der Waals surface area contributed by atoms with Crippen molar-refractivity contribution in [3.63, 3.8) is 0 Å². The van der Waals surface area contributed by atoms with Crippen LogP contribution < -0.4 is 5.32 Å². The van der Waals surface area contributed by atoms with Crippen molar-refractivity contribution in [2.45, 2.75) is 39.8 Å². The zero-order valence-electron chi connectivity index (χ0n) is 11.9. The van der Waals surface area contributed by atoms with Gasteiger partial charge in [-0.2, -0.15) is 5.10 Å². The van der Waals surface area contributed by atoms with Gasteiger partial charge in [0.1, 0.15) is 0 Å². The maximum atomic E-state index is 4.30. The number of nitrogens with zero attached hydrogens (tertiary/aromatic N) is 3. The summed E-state index contributed by atoms with van der Waals surface area (Å²) in [6, 6.07) is 2.10. The minimum absolute atomic E-state index is 0.462. The lowest BCUT2D eigenvalue weighted by Crippen LogP contribution is -2.42. The molecule has 1 aromatic rings. The first-order valence-electron chi connectivity index (χ1n) is 7.03. The van der Waals surface area contributed by atoms with Gasteiger partial charge in [-0.1, -0.05) is 6.92 Å². The Labute approximate surface area is 110 Å². The van der Waals surface area contributed by atoms with Crippen LogP contribution in [0.25, 0.3) is 0 Å². The molecule has 2 rings (SSSR count). The van der Waals surface area contributed by atoms with Crippen LogP contribution >= 0.6 is 0 Å². The molecule has 0 bridgehead atoms. The number of hydrogen-bond acceptors (Lipinski definition) is 3. The highest BCUT2D eigenvalue weighted by Gasteiger charge is 2.28. The lowest BCUT2D eigenvalue weighted by atomic mass is 9.80. The van der Waals surface area contributed by atoms with Crippen molar-refractivity contribution in [1.29, 1.82) is 0 Å². The molecule has 0 aromatic carbocycles. The number of nitrogens with one attached hydrogen (secondary N) is 1. The molecule has 0 unspecified atom stereocenters. The van der Waals surface area contributed by atoms with E-state index in [-0.39, 0.29) is 0 Å². The Hall–Kier alpha value is -0.870. The Morgan fingerprint density at radius 2 is 2.11 bits per heavy atom. The van der Waals surface area contributed by atoms with Gasteiger partial charge >= 0.3 is 0 Å². The SMILES string of the molecule is CCn1nccc1CNCC1(C)CCN(C)CC1. The van der Waals surface area contributed by atoms with Crippen molar-refractivity contribution in [2.24, 2.45) is 5.41 Å². The minimum atomic E-state index is 0.462. The number of hydrogen-bond donors (Lipinski definition) is 1. The Morgan fingerprint density at radius 1 is 1.39 bits per heavy atom. The van der Waals surface area contributed by atoms with Crippen LogP contribution in [0.3, 0.4) is 0 Å². The Bertz CT molecular complexity index is 364. The van der Waals surface area contributed by atoms with Gasteiger partial charge in [-0.05, 0) is 51.4 Å². The molecule has 2 heterocycles. The number of aromatic nitrogens is 2. The molecule has 1 aliphatic heterocycles. The highest BCUT2D eigenvalue weighted by atomic mass is 15.3. The first-order chi connectivity index (χ1) is 8.63. The Morgan fingerprint density at radius 3 is 2.78 bits per heavy atom. The van der Waals surface area contributed by atoms with Gasteiger partial charge in [-0.15, -0.1) is 0 Å². The molecule has 1 saturated heterocycles. The zero-order chi connectivity index (χ0) is 13.0. The summed E-state index contributed by atoms with van der Waals surface area (Å²) in [6.45, 7) is 9.98. The lowest BCUT2D eigenvalue weighted by Gasteiger charge is -2.38. The second kappa shape index (κ2) is 5.85. The van der Waals surface area contributed by atoms with Crippen molar-refractivity contribution < 1.29 is 0 Å². The number of rotatable bonds is 5. The summed E-state index contributed by atoms with van der Waals surface area (Å²) in [6.07, 6.45) is 4.48. The second-order valence-corrected chi connectivity index (χ2v) is 5.86. The fourth-order valence-electron chi connectivity index (χ4n) is 2.62. The molecule has 1 aliphatic rings. The molecular weight excluding hydrogens is 224 g/mol. The molecule has 0 atom stereocenters. The van der Waals surface area contributed by atoms with E-state index < -0.39 is 0 Å². The fourth-order valence-corrected chi connectivity index (χ4v) is 2.62. The van der Waals surface area contributed by atoms with E-state index in [4.69, 9.17) is 0 Å². The summed E-state index contributed by atoms with van der Waals surface area (Å²) in [4.78, 5) is 2.42. The van der Waals surface area contributed by atoms with Crippen LogP contribution in [0.4, 0.5) is 0 Å². The van der Waals surface area contributed by atoms with Crippen LogP contribution in [0, 0.1) is 5.41 Å². The molecule has 0 aliphatic carbocycles. The van der Waals surface area contributed by atoms with Crippen molar-refractivity contribution in [3.05, 3.63) is 18.0 Å². The van der Waals surface area contributed by atoms with Crippen LogP contribution in [0.1, 0.15) is 32.4 Å². The molecule has 0 radical (unpaired) electrons. The maximum Gasteiger partial charge on any atom is 0.0521 e. The molecule has 4 heteroatoms. The number of piperidine rings is 1. The monoisotopic (exact) mass is 250 g/mol. The highest BCUT2D eigenvalue weighted by molar-refractivity contribution is 5.00. The Balaban J connectivity index is 1.78. The van der Waals surface area contributed by atoms with Gasteiger partial charge in [0, 0.05) is 25.8 Å². The van der Waals surface area contributed by atoms with Crippen LogP contribution in [0.2, 0.25) is 0 Å². The lowest BCUT2D eigenvalue weighted by molar-refractivity contribution is 0.136. The predicted octanol–water partition coefficient (Wildman–Crippen LogP) is 1.72. The fraction of sp³-hybridized carbons (Fsp3) is 0.786. The average molecular weight is 250 g/mol. The highest BCUT2D eigenvalue weighted by Crippen LogP contribution is 2.29. The quantitative estimate of drug-likeness (QED) is 0.864. The van der Waals surface area contributed by atoms with Gasteiger partial charge in [-0.3, -0.25) is 4.68 Å². The van der Waals surface area contributed by atoms with Gasteiger partial charge in [0.25, 0.3) is 0 Å². The normalized spacial score (nSPS) is 20.2. The van der Waals surface area contributed by atoms with Crippen LogP contribution in [-0.2, 0) is 13.1 Å². The maximum absolute atomic E-state index is 4.30. The summed E-state index contributed by atoms with van der Waals surface area (Å²) in [5.41, 5.74) is 1.75. The van der Waals surface area contributed by atoms with Gasteiger partial charge in [0.2, 0.25) is 0 Å². The van der Waals surface area contributed by atoms with Gasteiger partial charge in [-0.25, -0.2) is 0 Å². The Kier molecular flexibility index (Phi) is 4.40. The van der Waals surface area contributed by atoms with Crippen molar-refractivity contribution in [3.8, 4) is 0 Å². The first kappa shape index (κ1) is 13.6. The van der Waals surface area contributed by atoms with E-state index in [1.54, 1.807) is 0 Å². The van der Waals surface area contributed by atoms with Gasteiger partial charge in [0.15, 0.2) is 0 Å². The summed E-state index contributed by atoms with van der Waals surface area (Å²) in [5, 5.41) is 7.91. The molecule has 1 aromatic heterocycles. The van der Waals surface area contributed by atoms with Crippen molar-refractivity contribution in [1.82, 2.24) is 20.0 Å². The van der Waals surface area contributed by atoms with Crippen LogP contribution in [-0.4, -0.2) is 41.4 Å². The van der Waals surface area contributed by atoms with Gasteiger partial charge < -0.3 is 10.2 Å². The molecule has 0 saturated carbocycles. The summed E-state index contributed by atoms with van der Waals surface area (Å²) < 4.78 is 2.06. The molecule has 102 valence electrons. The van der Waals surface area contributed by atoms with E-state index in [9.17, 15) is 0 Å². The molecule has 0 amide bonds. The molecule has 1 N–H and O–H groups in total. The summed E-state index contributed by atoms with van der Waals surface area (Å²) in [7, 11) is 2.22. The zero-order valence-corrected chi connectivity index (χ0v) is 11.9. The third-order valence-electron chi connectivity index (χ3n) is 4.16. The molecular formula is C14H26N4. The van der Waals surface area contributed by atoms with E-state index in [1.165, 1.54) is 31.6 Å². The summed E-state index contributed by atoms with van der Waals surface area (Å²) in [5.74, 6) is 0. The summed E-state index contributed by atoms with van der Waals surface area (Å²) >= 11 is 0. The standard InChI is InChI=1S/C14H26N4/c1-4-18-13(5-8-16-18)11-15-12-14(2)6-9-17(3)10-7-14/h5,8,15H,4,6-7,9-12H2,1-3H3. The second-order valence-electron chi connectivity index (χ2n) is 5.86. The largest absolute Gasteiger partial charge is 0.311 e. The van der Waals surface area contributed by atoms with Crippen LogP contribution in [0.5, 0.6) is 0 Å². The smallest absolute Gasteiger partial charge is 0.0521 e. The van der Waals surface area contributed by atoms with E-state index in [0.717, 1.165) is 19.6 Å². The van der Waals surface area contributed by atoms with Crippen molar-refractivity contribution in [2.75, 3.05) is 26.7 Å². The molecule has 18 heavy (non-hydrogen) atoms. The van der Waals surface area contributed by atoms with E-state index in [2.05, 4.69) is 47.0 Å².